The third kappa shape index (κ3) is 2.83. The molecule has 0 aliphatic carbocycles. The van der Waals surface area contributed by atoms with Crippen molar-refractivity contribution in [1.29, 1.82) is 0 Å². The van der Waals surface area contributed by atoms with Crippen molar-refractivity contribution < 1.29 is 4.42 Å². The molecule has 1 aliphatic heterocycles. The summed E-state index contributed by atoms with van der Waals surface area (Å²) in [5.74, 6) is 2.75. The van der Waals surface area contributed by atoms with Gasteiger partial charge in [-0.1, -0.05) is 0 Å². The molecular weight excluding hydrogens is 188 g/mol. The average Bonchev–Trinajstić information content (AvgIpc) is 2.64. The summed E-state index contributed by atoms with van der Waals surface area (Å²) >= 11 is 0. The van der Waals surface area contributed by atoms with Gasteiger partial charge < -0.3 is 10.2 Å². The van der Waals surface area contributed by atoms with E-state index in [1.807, 2.05) is 13.0 Å². The second-order valence-corrected chi connectivity index (χ2v) is 4.49. The quantitative estimate of drug-likeness (QED) is 0.823. The molecule has 3 heteroatoms. The van der Waals surface area contributed by atoms with Crippen LogP contribution in [0.15, 0.2) is 16.5 Å². The van der Waals surface area contributed by atoms with Gasteiger partial charge in [-0.25, -0.2) is 0 Å². The van der Waals surface area contributed by atoms with Crippen LogP contribution >= 0.6 is 0 Å². The molecule has 15 heavy (non-hydrogen) atoms. The first-order valence-electron chi connectivity index (χ1n) is 5.75. The van der Waals surface area contributed by atoms with E-state index < -0.39 is 0 Å². The fraction of sp³-hybridized carbons (Fsp3) is 0.667. The van der Waals surface area contributed by atoms with Crippen molar-refractivity contribution in [2.75, 3.05) is 19.6 Å². The van der Waals surface area contributed by atoms with Gasteiger partial charge in [-0.2, -0.15) is 0 Å². The van der Waals surface area contributed by atoms with E-state index in [1.54, 1.807) is 0 Å². The minimum absolute atomic E-state index is 0.676. The van der Waals surface area contributed by atoms with Gasteiger partial charge in [0, 0.05) is 6.54 Å². The van der Waals surface area contributed by atoms with Gasteiger partial charge in [-0.15, -0.1) is 0 Å². The molecule has 0 spiro atoms. The Hall–Kier alpha value is -0.800. The summed E-state index contributed by atoms with van der Waals surface area (Å²) in [7, 11) is 0. The molecule has 1 fully saturated rings. The lowest BCUT2D eigenvalue weighted by Crippen LogP contribution is -2.37. The molecule has 0 aromatic carbocycles. The van der Waals surface area contributed by atoms with Gasteiger partial charge in [0.1, 0.15) is 11.5 Å². The minimum Gasteiger partial charge on any atom is -0.465 e. The Balaban J connectivity index is 1.88. The number of hydrogen-bond acceptors (Lipinski definition) is 3. The first-order chi connectivity index (χ1) is 7.28. The van der Waals surface area contributed by atoms with Gasteiger partial charge in [0.2, 0.25) is 0 Å². The molecule has 1 aromatic heterocycles. The molecule has 1 unspecified atom stereocenters. The third-order valence-corrected chi connectivity index (χ3v) is 3.11. The van der Waals surface area contributed by atoms with Crippen LogP contribution in [0, 0.1) is 12.8 Å². The largest absolute Gasteiger partial charge is 0.465 e. The number of piperidine rings is 1. The lowest BCUT2D eigenvalue weighted by molar-refractivity contribution is 0.160. The predicted molar refractivity (Wildman–Crippen MR) is 60.5 cm³/mol. The summed E-state index contributed by atoms with van der Waals surface area (Å²) in [5.41, 5.74) is 5.71. The van der Waals surface area contributed by atoms with Crippen molar-refractivity contribution in [3.8, 4) is 0 Å². The zero-order valence-corrected chi connectivity index (χ0v) is 9.41. The lowest BCUT2D eigenvalue weighted by Gasteiger charge is -2.31. The topological polar surface area (TPSA) is 42.4 Å². The predicted octanol–water partition coefficient (Wildman–Crippen LogP) is 1.76. The highest BCUT2D eigenvalue weighted by Crippen LogP contribution is 2.18. The Labute approximate surface area is 91.2 Å². The maximum Gasteiger partial charge on any atom is 0.118 e. The van der Waals surface area contributed by atoms with Crippen LogP contribution in [-0.4, -0.2) is 24.5 Å². The van der Waals surface area contributed by atoms with Crippen molar-refractivity contribution >= 4 is 0 Å². The van der Waals surface area contributed by atoms with E-state index in [0.717, 1.165) is 31.2 Å². The Morgan fingerprint density at radius 1 is 1.53 bits per heavy atom. The van der Waals surface area contributed by atoms with Crippen LogP contribution in [-0.2, 0) is 6.54 Å². The maximum absolute atomic E-state index is 5.71. The van der Waals surface area contributed by atoms with Gasteiger partial charge in [0.15, 0.2) is 0 Å². The highest BCUT2D eigenvalue weighted by atomic mass is 16.3. The van der Waals surface area contributed by atoms with Gasteiger partial charge in [0.05, 0.1) is 6.54 Å². The van der Waals surface area contributed by atoms with Crippen molar-refractivity contribution in [2.45, 2.75) is 26.3 Å². The van der Waals surface area contributed by atoms with Gasteiger partial charge in [-0.3, -0.25) is 4.90 Å². The number of hydrogen-bond donors (Lipinski definition) is 1. The van der Waals surface area contributed by atoms with Gasteiger partial charge in [0.25, 0.3) is 0 Å². The average molecular weight is 208 g/mol. The Morgan fingerprint density at radius 3 is 3.07 bits per heavy atom. The van der Waals surface area contributed by atoms with Crippen molar-refractivity contribution in [3.05, 3.63) is 23.7 Å². The number of nitrogens with two attached hydrogens (primary N) is 1. The molecule has 0 bridgehead atoms. The zero-order chi connectivity index (χ0) is 10.7. The molecule has 0 saturated carbocycles. The summed E-state index contributed by atoms with van der Waals surface area (Å²) in [6.07, 6.45) is 2.55. The van der Waals surface area contributed by atoms with Crippen LogP contribution in [0.2, 0.25) is 0 Å². The molecule has 1 saturated heterocycles. The number of nitrogens with zero attached hydrogens (tertiary/aromatic N) is 1. The first-order valence-corrected chi connectivity index (χ1v) is 5.75. The SMILES string of the molecule is Cc1ccc(CN2CCCC(CN)C2)o1. The van der Waals surface area contributed by atoms with Gasteiger partial charge in [-0.05, 0) is 50.9 Å². The standard InChI is InChI=1S/C12H20N2O/c1-10-4-5-12(15-10)9-14-6-2-3-11(7-13)8-14/h4-5,11H,2-3,6-9,13H2,1H3. The Morgan fingerprint density at radius 2 is 2.40 bits per heavy atom. The minimum atomic E-state index is 0.676. The van der Waals surface area contributed by atoms with Gasteiger partial charge >= 0.3 is 0 Å². The Kier molecular flexibility index (Phi) is 3.44. The molecule has 1 atom stereocenters. The summed E-state index contributed by atoms with van der Waals surface area (Å²) in [4.78, 5) is 2.44. The van der Waals surface area contributed by atoms with Crippen LogP contribution in [0.5, 0.6) is 0 Å². The number of likely N-dealkylation sites (tertiary alicyclic amines) is 1. The smallest absolute Gasteiger partial charge is 0.118 e. The summed E-state index contributed by atoms with van der Waals surface area (Å²) < 4.78 is 5.58. The number of rotatable bonds is 3. The van der Waals surface area contributed by atoms with Crippen LogP contribution in [0.1, 0.15) is 24.4 Å². The van der Waals surface area contributed by atoms with Crippen LogP contribution < -0.4 is 5.73 Å². The summed E-state index contributed by atoms with van der Waals surface area (Å²) in [5, 5.41) is 0. The van der Waals surface area contributed by atoms with E-state index in [-0.39, 0.29) is 0 Å². The highest BCUT2D eigenvalue weighted by Gasteiger charge is 2.19. The van der Waals surface area contributed by atoms with E-state index >= 15 is 0 Å². The molecule has 0 amide bonds. The molecular formula is C12H20N2O. The maximum atomic E-state index is 5.71. The molecule has 1 aromatic rings. The van der Waals surface area contributed by atoms with Crippen molar-refractivity contribution in [3.63, 3.8) is 0 Å². The monoisotopic (exact) mass is 208 g/mol. The number of aryl methyl sites for hydroxylation is 1. The summed E-state index contributed by atoms with van der Waals surface area (Å²) in [6, 6.07) is 4.10. The fourth-order valence-corrected chi connectivity index (χ4v) is 2.28. The normalized spacial score (nSPS) is 23.2. The van der Waals surface area contributed by atoms with E-state index in [0.29, 0.717) is 5.92 Å². The molecule has 84 valence electrons. The summed E-state index contributed by atoms with van der Waals surface area (Å²) in [6.45, 7) is 6.03. The van der Waals surface area contributed by atoms with Crippen molar-refractivity contribution in [1.82, 2.24) is 4.90 Å². The van der Waals surface area contributed by atoms with Crippen LogP contribution in [0.3, 0.4) is 0 Å². The molecule has 0 radical (unpaired) electrons. The third-order valence-electron chi connectivity index (χ3n) is 3.11. The molecule has 3 nitrogen and oxygen atoms in total. The molecule has 2 N–H and O–H groups in total. The van der Waals surface area contributed by atoms with E-state index in [2.05, 4.69) is 11.0 Å². The van der Waals surface area contributed by atoms with E-state index in [1.165, 1.54) is 19.4 Å². The van der Waals surface area contributed by atoms with E-state index in [9.17, 15) is 0 Å². The van der Waals surface area contributed by atoms with Crippen molar-refractivity contribution in [2.24, 2.45) is 11.7 Å². The Bertz CT molecular complexity index is 308. The first kappa shape index (κ1) is 10.7. The second-order valence-electron chi connectivity index (χ2n) is 4.49. The molecule has 1 aliphatic rings. The molecule has 2 heterocycles. The number of furan rings is 1. The van der Waals surface area contributed by atoms with E-state index in [4.69, 9.17) is 10.2 Å². The zero-order valence-electron chi connectivity index (χ0n) is 9.41. The van der Waals surface area contributed by atoms with Crippen LogP contribution in [0.25, 0.3) is 0 Å². The second kappa shape index (κ2) is 4.81. The van der Waals surface area contributed by atoms with Crippen LogP contribution in [0.4, 0.5) is 0 Å². The molecule has 2 rings (SSSR count). The lowest BCUT2D eigenvalue weighted by atomic mass is 9.98. The fourth-order valence-electron chi connectivity index (χ4n) is 2.28. The highest BCUT2D eigenvalue weighted by molar-refractivity contribution is 5.05.